The molecule has 0 aliphatic rings. The molecule has 4 N–H and O–H groups in total. The molecule has 1 aromatic heterocycles. The first-order chi connectivity index (χ1) is 16.8. The van der Waals surface area contributed by atoms with E-state index in [1.54, 1.807) is 4.90 Å². The Hall–Kier alpha value is -3.85. The summed E-state index contributed by atoms with van der Waals surface area (Å²) in [5, 5.41) is 3.07. The van der Waals surface area contributed by atoms with Gasteiger partial charge in [-0.25, -0.2) is 4.79 Å². The first-order valence-corrected chi connectivity index (χ1v) is 11.6. The average Bonchev–Trinajstić information content (AvgIpc) is 2.84. The molecule has 1 unspecified atom stereocenters. The summed E-state index contributed by atoms with van der Waals surface area (Å²) < 4.78 is 6.49. The highest BCUT2D eigenvalue weighted by Gasteiger charge is 2.24. The number of hydrogen-bond donors (Lipinski definition) is 3. The molecule has 3 aromatic rings. The topological polar surface area (TPSA) is 122 Å². The van der Waals surface area contributed by atoms with E-state index in [-0.39, 0.29) is 55.6 Å². The van der Waals surface area contributed by atoms with Crippen molar-refractivity contribution in [1.29, 1.82) is 0 Å². The first kappa shape index (κ1) is 25.8. The number of anilines is 2. The number of methoxy groups -OCH3 is 1. The van der Waals surface area contributed by atoms with E-state index in [2.05, 4.69) is 10.3 Å². The number of nitrogen functional groups attached to an aromatic ring is 1. The third kappa shape index (κ3) is 6.60. The largest absolute Gasteiger partial charge is 0.383 e. The number of H-pyrrole nitrogens is 1. The molecule has 1 atom stereocenters. The maximum absolute atomic E-state index is 13.1. The minimum Gasteiger partial charge on any atom is -0.383 e. The summed E-state index contributed by atoms with van der Waals surface area (Å²) in [6, 6.07) is 18.8. The van der Waals surface area contributed by atoms with Crippen LogP contribution < -0.4 is 27.2 Å². The molecule has 0 radical (unpaired) electrons. The first-order valence-electron chi connectivity index (χ1n) is 11.6. The van der Waals surface area contributed by atoms with E-state index >= 15 is 0 Å². The molecule has 0 aliphatic carbocycles. The van der Waals surface area contributed by atoms with Gasteiger partial charge in [-0.15, -0.1) is 0 Å². The van der Waals surface area contributed by atoms with Crippen LogP contribution in [0.2, 0.25) is 0 Å². The number of ether oxygens (including phenoxy) is 1. The fraction of sp³-hybridized carbons (Fsp3) is 0.346. The van der Waals surface area contributed by atoms with Crippen LogP contribution in [0.4, 0.5) is 11.5 Å². The number of hydrogen-bond acceptors (Lipinski definition) is 6. The molecular formula is C26H33N5O4. The van der Waals surface area contributed by atoms with Crippen LogP contribution in [-0.4, -0.2) is 42.3 Å². The summed E-state index contributed by atoms with van der Waals surface area (Å²) in [5.41, 5.74) is 7.00. The van der Waals surface area contributed by atoms with Crippen molar-refractivity contribution < 1.29 is 9.53 Å². The van der Waals surface area contributed by atoms with E-state index in [9.17, 15) is 14.4 Å². The Bertz CT molecular complexity index is 1220. The zero-order chi connectivity index (χ0) is 25.4. The highest BCUT2D eigenvalue weighted by Crippen LogP contribution is 2.22. The number of aromatic amines is 1. The number of nitrogens with zero attached hydrogens (tertiary/aromatic N) is 2. The summed E-state index contributed by atoms with van der Waals surface area (Å²) in [6.07, 6.45) is 0. The van der Waals surface area contributed by atoms with Crippen LogP contribution in [0.15, 0.2) is 70.3 Å². The van der Waals surface area contributed by atoms with Gasteiger partial charge in [-0.05, 0) is 17.0 Å². The number of aromatic nitrogens is 2. The SMILES string of the molecule is COCCN(CC(=O)NC(c1ccccc1)C(C)C)c1c(N)n(Cc2ccccc2)c(=O)[nH]c1=O. The lowest BCUT2D eigenvalue weighted by Crippen LogP contribution is -2.45. The monoisotopic (exact) mass is 479 g/mol. The normalized spacial score (nSPS) is 11.9. The van der Waals surface area contributed by atoms with Crippen molar-refractivity contribution in [3.63, 3.8) is 0 Å². The van der Waals surface area contributed by atoms with Crippen LogP contribution in [0.3, 0.4) is 0 Å². The summed E-state index contributed by atoms with van der Waals surface area (Å²) in [7, 11) is 1.53. The lowest BCUT2D eigenvalue weighted by molar-refractivity contribution is -0.120. The highest BCUT2D eigenvalue weighted by molar-refractivity contribution is 5.83. The molecule has 35 heavy (non-hydrogen) atoms. The molecule has 9 nitrogen and oxygen atoms in total. The highest BCUT2D eigenvalue weighted by atomic mass is 16.5. The summed E-state index contributed by atoms with van der Waals surface area (Å²) >= 11 is 0. The second-order valence-electron chi connectivity index (χ2n) is 8.68. The zero-order valence-electron chi connectivity index (χ0n) is 20.4. The van der Waals surface area contributed by atoms with Gasteiger partial charge in [-0.1, -0.05) is 74.5 Å². The Labute approximate surface area is 204 Å². The molecule has 1 amide bonds. The van der Waals surface area contributed by atoms with Gasteiger partial charge in [0.2, 0.25) is 5.91 Å². The van der Waals surface area contributed by atoms with Crippen molar-refractivity contribution in [2.24, 2.45) is 5.92 Å². The third-order valence-electron chi connectivity index (χ3n) is 5.76. The lowest BCUT2D eigenvalue weighted by atomic mass is 9.96. The minimum atomic E-state index is -0.649. The van der Waals surface area contributed by atoms with Gasteiger partial charge in [0.15, 0.2) is 0 Å². The molecule has 3 rings (SSSR count). The van der Waals surface area contributed by atoms with Crippen LogP contribution >= 0.6 is 0 Å². The summed E-state index contributed by atoms with van der Waals surface area (Å²) in [6.45, 7) is 4.61. The smallest absolute Gasteiger partial charge is 0.330 e. The Morgan fingerprint density at radius 1 is 1.09 bits per heavy atom. The van der Waals surface area contributed by atoms with Gasteiger partial charge in [0, 0.05) is 13.7 Å². The predicted molar refractivity (Wildman–Crippen MR) is 138 cm³/mol. The maximum atomic E-state index is 13.1. The van der Waals surface area contributed by atoms with Crippen LogP contribution in [0.1, 0.15) is 31.0 Å². The number of carbonyl (C=O) groups is 1. The number of benzene rings is 2. The second-order valence-corrected chi connectivity index (χ2v) is 8.68. The molecule has 0 aliphatic heterocycles. The van der Waals surface area contributed by atoms with Crippen molar-refractivity contribution in [3.8, 4) is 0 Å². The van der Waals surface area contributed by atoms with Crippen molar-refractivity contribution in [3.05, 3.63) is 92.6 Å². The summed E-state index contributed by atoms with van der Waals surface area (Å²) in [5.74, 6) is -0.131. The van der Waals surface area contributed by atoms with Crippen molar-refractivity contribution in [2.45, 2.75) is 26.4 Å². The number of rotatable bonds is 11. The van der Waals surface area contributed by atoms with Gasteiger partial charge >= 0.3 is 5.69 Å². The molecular weight excluding hydrogens is 446 g/mol. The van der Waals surface area contributed by atoms with E-state index < -0.39 is 11.2 Å². The van der Waals surface area contributed by atoms with Crippen LogP contribution in [0.25, 0.3) is 0 Å². The Morgan fingerprint density at radius 3 is 2.31 bits per heavy atom. The van der Waals surface area contributed by atoms with Crippen molar-refractivity contribution in [1.82, 2.24) is 14.9 Å². The number of carbonyl (C=O) groups excluding carboxylic acids is 1. The van der Waals surface area contributed by atoms with E-state index in [0.29, 0.717) is 0 Å². The molecule has 9 heteroatoms. The van der Waals surface area contributed by atoms with Gasteiger partial charge in [-0.3, -0.25) is 19.1 Å². The van der Waals surface area contributed by atoms with Gasteiger partial charge in [0.25, 0.3) is 5.56 Å². The van der Waals surface area contributed by atoms with Crippen LogP contribution in [0.5, 0.6) is 0 Å². The molecule has 2 aromatic carbocycles. The standard InChI is InChI=1S/C26H33N5O4/c1-18(2)22(20-12-8-5-9-13-20)28-21(32)17-30(14-15-35-3)23-24(27)31(26(34)29-25(23)33)16-19-10-6-4-7-11-19/h4-13,18,22H,14-17,27H2,1-3H3,(H,28,32)(H,29,33,34). The number of amides is 1. The van der Waals surface area contributed by atoms with E-state index in [1.165, 1.54) is 11.7 Å². The maximum Gasteiger partial charge on any atom is 0.330 e. The Morgan fingerprint density at radius 2 is 1.71 bits per heavy atom. The van der Waals surface area contributed by atoms with E-state index in [0.717, 1.165) is 11.1 Å². The third-order valence-corrected chi connectivity index (χ3v) is 5.76. The molecule has 0 saturated heterocycles. The molecule has 0 spiro atoms. The van der Waals surface area contributed by atoms with Crippen LogP contribution in [0, 0.1) is 5.92 Å². The van der Waals surface area contributed by atoms with Crippen LogP contribution in [-0.2, 0) is 16.1 Å². The van der Waals surface area contributed by atoms with Crippen molar-refractivity contribution in [2.75, 3.05) is 37.4 Å². The second kappa shape index (κ2) is 12.0. The number of nitrogens with one attached hydrogen (secondary N) is 2. The fourth-order valence-electron chi connectivity index (χ4n) is 3.97. The molecule has 0 saturated carbocycles. The Kier molecular flexibility index (Phi) is 8.86. The minimum absolute atomic E-state index is 0.00465. The molecule has 0 bridgehead atoms. The molecule has 186 valence electrons. The Balaban J connectivity index is 1.91. The number of nitrogens with two attached hydrogens (primary N) is 1. The molecule has 1 heterocycles. The van der Waals surface area contributed by atoms with Gasteiger partial charge < -0.3 is 20.7 Å². The van der Waals surface area contributed by atoms with Gasteiger partial charge in [0.1, 0.15) is 11.5 Å². The van der Waals surface area contributed by atoms with Gasteiger partial charge in [0.05, 0.1) is 25.7 Å². The van der Waals surface area contributed by atoms with Crippen molar-refractivity contribution >= 4 is 17.4 Å². The molecule has 0 fully saturated rings. The van der Waals surface area contributed by atoms with Gasteiger partial charge in [-0.2, -0.15) is 0 Å². The predicted octanol–water partition coefficient (Wildman–Crippen LogP) is 2.13. The summed E-state index contributed by atoms with van der Waals surface area (Å²) in [4.78, 5) is 42.4. The van der Waals surface area contributed by atoms with E-state index in [1.807, 2.05) is 74.5 Å². The quantitative estimate of drug-likeness (QED) is 0.387. The average molecular weight is 480 g/mol. The lowest BCUT2D eigenvalue weighted by Gasteiger charge is -2.28. The fourth-order valence-corrected chi connectivity index (χ4v) is 3.97. The van der Waals surface area contributed by atoms with E-state index in [4.69, 9.17) is 10.5 Å². The zero-order valence-corrected chi connectivity index (χ0v) is 20.4.